The van der Waals surface area contributed by atoms with Crippen LogP contribution in [0.3, 0.4) is 0 Å². The molecular formula is C19H13N3O4. The lowest BCUT2D eigenvalue weighted by molar-refractivity contribution is 0.0663. The molecule has 0 unspecified atom stereocenters. The minimum atomic E-state index is -1.13. The van der Waals surface area contributed by atoms with Crippen molar-refractivity contribution >= 4 is 28.6 Å². The molecule has 0 aliphatic heterocycles. The van der Waals surface area contributed by atoms with Crippen LogP contribution in [0.5, 0.6) is 0 Å². The van der Waals surface area contributed by atoms with E-state index in [-0.39, 0.29) is 11.7 Å². The van der Waals surface area contributed by atoms with E-state index in [1.54, 1.807) is 48.5 Å². The summed E-state index contributed by atoms with van der Waals surface area (Å²) >= 11 is 0. The van der Waals surface area contributed by atoms with Crippen LogP contribution in [0.25, 0.3) is 22.2 Å². The standard InChI is InChI=1S/C19H13N3O4/c23-18(11-4-2-1-3-5-11)20-17-13-10-12(6-7-14(13)21-22-17)15-8-9-16(26-15)19(24)25/h1-10H,(H,24,25)(H2,20,21,22,23). The number of fused-ring (bicyclic) bond motifs is 1. The number of hydrogen-bond acceptors (Lipinski definition) is 4. The number of aromatic amines is 1. The molecule has 0 saturated carbocycles. The third kappa shape index (κ3) is 2.82. The van der Waals surface area contributed by atoms with Crippen molar-refractivity contribution in [1.29, 1.82) is 0 Å². The molecule has 0 fully saturated rings. The maximum Gasteiger partial charge on any atom is 0.371 e. The molecule has 0 saturated heterocycles. The summed E-state index contributed by atoms with van der Waals surface area (Å²) < 4.78 is 5.33. The lowest BCUT2D eigenvalue weighted by atomic mass is 10.1. The molecule has 0 radical (unpaired) electrons. The molecule has 4 aromatic rings. The van der Waals surface area contributed by atoms with Crippen molar-refractivity contribution in [1.82, 2.24) is 10.2 Å². The van der Waals surface area contributed by atoms with E-state index in [1.165, 1.54) is 6.07 Å². The Morgan fingerprint density at radius 1 is 1.04 bits per heavy atom. The number of aromatic nitrogens is 2. The number of hydrogen-bond donors (Lipinski definition) is 3. The fourth-order valence-corrected chi connectivity index (χ4v) is 2.64. The second-order valence-electron chi connectivity index (χ2n) is 5.62. The highest BCUT2D eigenvalue weighted by Gasteiger charge is 2.14. The number of carbonyl (C=O) groups is 2. The van der Waals surface area contributed by atoms with Crippen LogP contribution in [0.1, 0.15) is 20.9 Å². The predicted octanol–water partition coefficient (Wildman–Crippen LogP) is 3.77. The molecule has 1 amide bonds. The van der Waals surface area contributed by atoms with Crippen LogP contribution in [-0.4, -0.2) is 27.2 Å². The monoisotopic (exact) mass is 347 g/mol. The van der Waals surface area contributed by atoms with Crippen molar-refractivity contribution in [2.45, 2.75) is 0 Å². The van der Waals surface area contributed by atoms with Gasteiger partial charge in [-0.05, 0) is 42.5 Å². The molecule has 0 bridgehead atoms. The largest absolute Gasteiger partial charge is 0.475 e. The summed E-state index contributed by atoms with van der Waals surface area (Å²) in [5, 5.41) is 19.5. The van der Waals surface area contributed by atoms with E-state index in [0.717, 1.165) is 5.52 Å². The molecule has 0 aliphatic carbocycles. The van der Waals surface area contributed by atoms with E-state index in [1.807, 2.05) is 6.07 Å². The Labute approximate surface area is 147 Å². The zero-order valence-corrected chi connectivity index (χ0v) is 13.4. The van der Waals surface area contributed by atoms with E-state index in [2.05, 4.69) is 15.5 Å². The van der Waals surface area contributed by atoms with Gasteiger partial charge >= 0.3 is 5.97 Å². The third-order valence-electron chi connectivity index (χ3n) is 3.93. The van der Waals surface area contributed by atoms with Gasteiger partial charge in [-0.2, -0.15) is 5.10 Å². The summed E-state index contributed by atoms with van der Waals surface area (Å²) in [5.41, 5.74) is 1.95. The molecule has 2 aromatic heterocycles. The first-order valence-electron chi connectivity index (χ1n) is 7.80. The summed E-state index contributed by atoms with van der Waals surface area (Å²) in [4.78, 5) is 23.3. The van der Waals surface area contributed by atoms with Crippen molar-refractivity contribution in [2.75, 3.05) is 5.32 Å². The average molecular weight is 347 g/mol. The highest BCUT2D eigenvalue weighted by Crippen LogP contribution is 2.29. The number of amides is 1. The molecule has 7 heteroatoms. The maximum atomic E-state index is 12.3. The molecule has 0 atom stereocenters. The number of furan rings is 1. The SMILES string of the molecule is O=C(Nc1n[nH]c2ccc(-c3ccc(C(=O)O)o3)cc12)c1ccccc1. The van der Waals surface area contributed by atoms with Gasteiger partial charge in [-0.15, -0.1) is 0 Å². The van der Waals surface area contributed by atoms with Gasteiger partial charge in [-0.3, -0.25) is 9.89 Å². The molecule has 2 heterocycles. The maximum absolute atomic E-state index is 12.3. The van der Waals surface area contributed by atoms with Crippen molar-refractivity contribution in [3.8, 4) is 11.3 Å². The van der Waals surface area contributed by atoms with Crippen LogP contribution < -0.4 is 5.32 Å². The number of anilines is 1. The van der Waals surface area contributed by atoms with Gasteiger partial charge in [0, 0.05) is 16.5 Å². The summed E-state index contributed by atoms with van der Waals surface area (Å²) in [6.45, 7) is 0. The van der Waals surface area contributed by atoms with E-state index >= 15 is 0 Å². The Kier molecular flexibility index (Phi) is 3.74. The molecule has 0 aliphatic rings. The highest BCUT2D eigenvalue weighted by molar-refractivity contribution is 6.08. The quantitative estimate of drug-likeness (QED) is 0.521. The zero-order valence-electron chi connectivity index (χ0n) is 13.4. The molecule has 128 valence electrons. The zero-order chi connectivity index (χ0) is 18.1. The van der Waals surface area contributed by atoms with Crippen LogP contribution >= 0.6 is 0 Å². The third-order valence-corrected chi connectivity index (χ3v) is 3.93. The van der Waals surface area contributed by atoms with Crippen molar-refractivity contribution < 1.29 is 19.1 Å². The number of aromatic carboxylic acids is 1. The van der Waals surface area contributed by atoms with E-state index < -0.39 is 5.97 Å². The van der Waals surface area contributed by atoms with Gasteiger partial charge in [-0.1, -0.05) is 18.2 Å². The van der Waals surface area contributed by atoms with Crippen LogP contribution in [-0.2, 0) is 0 Å². The predicted molar refractivity (Wildman–Crippen MR) is 95.2 cm³/mol. The number of nitrogens with zero attached hydrogens (tertiary/aromatic N) is 1. The van der Waals surface area contributed by atoms with Gasteiger partial charge in [0.1, 0.15) is 5.76 Å². The lowest BCUT2D eigenvalue weighted by Crippen LogP contribution is -2.12. The molecule has 0 spiro atoms. The average Bonchev–Trinajstić information content (AvgIpc) is 3.30. The molecular weight excluding hydrogens is 334 g/mol. The first-order valence-corrected chi connectivity index (χ1v) is 7.80. The molecule has 3 N–H and O–H groups in total. The number of H-pyrrole nitrogens is 1. The van der Waals surface area contributed by atoms with Gasteiger partial charge in [0.2, 0.25) is 5.76 Å². The molecule has 2 aromatic carbocycles. The van der Waals surface area contributed by atoms with E-state index in [4.69, 9.17) is 9.52 Å². The fraction of sp³-hybridized carbons (Fsp3) is 0. The van der Waals surface area contributed by atoms with Crippen molar-refractivity contribution in [3.05, 3.63) is 72.0 Å². The van der Waals surface area contributed by atoms with Gasteiger partial charge in [0.15, 0.2) is 5.82 Å². The summed E-state index contributed by atoms with van der Waals surface area (Å²) in [5.74, 6) is -0.719. The highest BCUT2D eigenvalue weighted by atomic mass is 16.4. The van der Waals surface area contributed by atoms with Gasteiger partial charge < -0.3 is 14.8 Å². The Morgan fingerprint density at radius 3 is 2.58 bits per heavy atom. The molecule has 7 nitrogen and oxygen atoms in total. The minimum absolute atomic E-state index is 0.134. The second-order valence-corrected chi connectivity index (χ2v) is 5.62. The van der Waals surface area contributed by atoms with Gasteiger partial charge in [0.05, 0.1) is 5.52 Å². The first-order chi connectivity index (χ1) is 12.6. The summed E-state index contributed by atoms with van der Waals surface area (Å²) in [6.07, 6.45) is 0. The van der Waals surface area contributed by atoms with Gasteiger partial charge in [0.25, 0.3) is 5.91 Å². The first kappa shape index (κ1) is 15.6. The van der Waals surface area contributed by atoms with Gasteiger partial charge in [-0.25, -0.2) is 4.79 Å². The normalized spacial score (nSPS) is 10.8. The van der Waals surface area contributed by atoms with Crippen molar-refractivity contribution in [3.63, 3.8) is 0 Å². The summed E-state index contributed by atoms with van der Waals surface area (Å²) in [7, 11) is 0. The Hall–Kier alpha value is -3.87. The van der Waals surface area contributed by atoms with Crippen LogP contribution in [0.4, 0.5) is 5.82 Å². The number of benzene rings is 2. The lowest BCUT2D eigenvalue weighted by Gasteiger charge is -2.03. The second kappa shape index (κ2) is 6.21. The van der Waals surface area contributed by atoms with E-state index in [9.17, 15) is 9.59 Å². The smallest absolute Gasteiger partial charge is 0.371 e. The molecule has 4 rings (SSSR count). The Bertz CT molecular complexity index is 1110. The van der Waals surface area contributed by atoms with Crippen LogP contribution in [0, 0.1) is 0 Å². The fourth-order valence-electron chi connectivity index (χ4n) is 2.64. The Balaban J connectivity index is 1.68. The minimum Gasteiger partial charge on any atom is -0.475 e. The number of carboxylic acid groups (broad SMARTS) is 1. The molecule has 26 heavy (non-hydrogen) atoms. The number of carboxylic acids is 1. The topological polar surface area (TPSA) is 108 Å². The van der Waals surface area contributed by atoms with E-state index in [0.29, 0.717) is 28.1 Å². The van der Waals surface area contributed by atoms with Crippen LogP contribution in [0.15, 0.2) is 65.1 Å². The van der Waals surface area contributed by atoms with Crippen LogP contribution in [0.2, 0.25) is 0 Å². The number of nitrogens with one attached hydrogen (secondary N) is 2. The van der Waals surface area contributed by atoms with Crippen molar-refractivity contribution in [2.24, 2.45) is 0 Å². The number of carbonyl (C=O) groups excluding carboxylic acids is 1. The number of rotatable bonds is 4. The Morgan fingerprint density at radius 2 is 1.85 bits per heavy atom. The summed E-state index contributed by atoms with van der Waals surface area (Å²) in [6, 6.07) is 17.2.